The van der Waals surface area contributed by atoms with Gasteiger partial charge in [-0.2, -0.15) is 0 Å². The number of nitrogens with zero attached hydrogens (tertiary/aromatic N) is 1. The Morgan fingerprint density at radius 2 is 1.71 bits per heavy atom. The summed E-state index contributed by atoms with van der Waals surface area (Å²) in [6.45, 7) is 2.06. The number of hydrogen-bond acceptors (Lipinski definition) is 3. The Hall–Kier alpha value is -1.39. The van der Waals surface area contributed by atoms with E-state index >= 15 is 0 Å². The first kappa shape index (κ1) is 14.5. The van der Waals surface area contributed by atoms with Crippen LogP contribution in [0.4, 0.5) is 0 Å². The summed E-state index contributed by atoms with van der Waals surface area (Å²) in [5.41, 5.74) is 2.68. The minimum absolute atomic E-state index is 0.0468. The fraction of sp³-hybridized carbons (Fsp3) is 0.353. The number of methoxy groups -OCH3 is 1. The number of ether oxygens (including phenoxy) is 1. The molecule has 0 saturated carbocycles. The van der Waals surface area contributed by atoms with Crippen LogP contribution in [0.15, 0.2) is 47.1 Å². The van der Waals surface area contributed by atoms with E-state index in [4.69, 9.17) is 4.74 Å². The zero-order valence-corrected chi connectivity index (χ0v) is 13.7. The molecule has 1 N–H and O–H groups in total. The van der Waals surface area contributed by atoms with E-state index in [-0.39, 0.29) is 5.41 Å². The molecule has 2 heterocycles. The van der Waals surface area contributed by atoms with Gasteiger partial charge in [0.2, 0.25) is 5.88 Å². The summed E-state index contributed by atoms with van der Waals surface area (Å²) in [6.07, 6.45) is 4.14. The Kier molecular flexibility index (Phi) is 4.27. The lowest BCUT2D eigenvalue weighted by Crippen LogP contribution is -2.40. The van der Waals surface area contributed by atoms with Gasteiger partial charge in [0.05, 0.1) is 7.11 Å². The van der Waals surface area contributed by atoms with Crippen molar-refractivity contribution in [2.45, 2.75) is 18.3 Å². The van der Waals surface area contributed by atoms with E-state index in [0.29, 0.717) is 5.88 Å². The van der Waals surface area contributed by atoms with Crippen LogP contribution in [0.25, 0.3) is 0 Å². The van der Waals surface area contributed by atoms with Gasteiger partial charge in [-0.1, -0.05) is 34.1 Å². The summed E-state index contributed by atoms with van der Waals surface area (Å²) in [5.74, 6) is 0.665. The summed E-state index contributed by atoms with van der Waals surface area (Å²) >= 11 is 3.52. The smallest absolute Gasteiger partial charge is 0.212 e. The third-order valence-corrected chi connectivity index (χ3v) is 4.88. The SMILES string of the molecule is COc1ccc(C2(c3ccc(Br)cc3)CCNCC2)cn1. The van der Waals surface area contributed by atoms with Gasteiger partial charge in [0.15, 0.2) is 0 Å². The monoisotopic (exact) mass is 346 g/mol. The van der Waals surface area contributed by atoms with Crippen molar-refractivity contribution in [2.24, 2.45) is 0 Å². The van der Waals surface area contributed by atoms with Crippen molar-refractivity contribution in [3.63, 3.8) is 0 Å². The number of nitrogens with one attached hydrogen (secondary N) is 1. The summed E-state index contributed by atoms with van der Waals surface area (Å²) in [5, 5.41) is 3.46. The number of hydrogen-bond donors (Lipinski definition) is 1. The summed E-state index contributed by atoms with van der Waals surface area (Å²) < 4.78 is 6.30. The number of benzene rings is 1. The van der Waals surface area contributed by atoms with Crippen LogP contribution in [0.3, 0.4) is 0 Å². The summed E-state index contributed by atoms with van der Waals surface area (Å²) in [4.78, 5) is 4.41. The molecule has 0 amide bonds. The van der Waals surface area contributed by atoms with Crippen LogP contribution in [-0.4, -0.2) is 25.2 Å². The maximum absolute atomic E-state index is 5.18. The molecule has 0 spiro atoms. The van der Waals surface area contributed by atoms with Gasteiger partial charge < -0.3 is 10.1 Å². The molecular weight excluding hydrogens is 328 g/mol. The average Bonchev–Trinajstić information content (AvgIpc) is 2.56. The fourth-order valence-electron chi connectivity index (χ4n) is 3.15. The fourth-order valence-corrected chi connectivity index (χ4v) is 3.41. The van der Waals surface area contributed by atoms with Crippen LogP contribution in [0.1, 0.15) is 24.0 Å². The molecule has 0 aliphatic carbocycles. The maximum atomic E-state index is 5.18. The van der Waals surface area contributed by atoms with E-state index < -0.39 is 0 Å². The molecule has 3 rings (SSSR count). The lowest BCUT2D eigenvalue weighted by atomic mass is 9.69. The molecule has 1 fully saturated rings. The van der Waals surface area contributed by atoms with E-state index in [9.17, 15) is 0 Å². The highest BCUT2D eigenvalue weighted by Gasteiger charge is 2.35. The predicted octanol–water partition coefficient (Wildman–Crippen LogP) is 3.52. The van der Waals surface area contributed by atoms with Crippen molar-refractivity contribution in [3.8, 4) is 5.88 Å². The molecule has 1 saturated heterocycles. The Balaban J connectivity index is 2.05. The third kappa shape index (κ3) is 2.83. The Labute approximate surface area is 133 Å². The summed E-state index contributed by atoms with van der Waals surface area (Å²) in [6, 6.07) is 12.8. The van der Waals surface area contributed by atoms with Crippen LogP contribution in [0.2, 0.25) is 0 Å². The normalized spacial score (nSPS) is 17.4. The van der Waals surface area contributed by atoms with E-state index in [1.807, 2.05) is 12.3 Å². The van der Waals surface area contributed by atoms with Crippen LogP contribution in [0.5, 0.6) is 5.88 Å². The van der Waals surface area contributed by atoms with Crippen LogP contribution in [0, 0.1) is 0 Å². The van der Waals surface area contributed by atoms with E-state index in [2.05, 4.69) is 56.6 Å². The first-order valence-electron chi connectivity index (χ1n) is 7.22. The number of halogens is 1. The molecule has 0 atom stereocenters. The van der Waals surface area contributed by atoms with Crippen molar-refractivity contribution >= 4 is 15.9 Å². The van der Waals surface area contributed by atoms with Gasteiger partial charge in [0.25, 0.3) is 0 Å². The molecule has 3 nitrogen and oxygen atoms in total. The van der Waals surface area contributed by atoms with E-state index in [1.165, 1.54) is 11.1 Å². The largest absolute Gasteiger partial charge is 0.481 e. The molecule has 1 aromatic heterocycles. The number of pyridine rings is 1. The van der Waals surface area contributed by atoms with E-state index in [0.717, 1.165) is 30.4 Å². The van der Waals surface area contributed by atoms with Crippen molar-refractivity contribution in [1.82, 2.24) is 10.3 Å². The molecule has 1 aliphatic rings. The minimum atomic E-state index is 0.0468. The van der Waals surface area contributed by atoms with Crippen LogP contribution < -0.4 is 10.1 Å². The van der Waals surface area contributed by atoms with Crippen LogP contribution >= 0.6 is 15.9 Å². The Morgan fingerprint density at radius 3 is 2.29 bits per heavy atom. The quantitative estimate of drug-likeness (QED) is 0.923. The van der Waals surface area contributed by atoms with Gasteiger partial charge in [-0.25, -0.2) is 4.98 Å². The van der Waals surface area contributed by atoms with Crippen molar-refractivity contribution < 1.29 is 4.74 Å². The number of aromatic nitrogens is 1. The molecule has 0 bridgehead atoms. The lowest BCUT2D eigenvalue weighted by Gasteiger charge is -2.38. The van der Waals surface area contributed by atoms with Crippen molar-refractivity contribution in [1.29, 1.82) is 0 Å². The van der Waals surface area contributed by atoms with E-state index in [1.54, 1.807) is 7.11 Å². The second-order valence-electron chi connectivity index (χ2n) is 5.43. The second-order valence-corrected chi connectivity index (χ2v) is 6.34. The predicted molar refractivity (Wildman–Crippen MR) is 87.8 cm³/mol. The standard InChI is InChI=1S/C17H19BrN2O/c1-21-16-7-4-14(12-20-16)17(8-10-19-11-9-17)13-2-5-15(18)6-3-13/h2-7,12,19H,8-11H2,1H3. The van der Waals surface area contributed by atoms with Crippen molar-refractivity contribution in [2.75, 3.05) is 20.2 Å². The first-order chi connectivity index (χ1) is 10.2. The molecule has 21 heavy (non-hydrogen) atoms. The van der Waals surface area contributed by atoms with Gasteiger partial charge in [0.1, 0.15) is 0 Å². The van der Waals surface area contributed by atoms with Gasteiger partial charge in [0, 0.05) is 22.2 Å². The summed E-state index contributed by atoms with van der Waals surface area (Å²) in [7, 11) is 1.65. The molecule has 1 aromatic carbocycles. The number of rotatable bonds is 3. The molecule has 2 aromatic rings. The zero-order chi connectivity index (χ0) is 14.7. The molecule has 1 aliphatic heterocycles. The first-order valence-corrected chi connectivity index (χ1v) is 8.01. The Morgan fingerprint density at radius 1 is 1.05 bits per heavy atom. The number of piperidine rings is 1. The van der Waals surface area contributed by atoms with Gasteiger partial charge in [-0.3, -0.25) is 0 Å². The van der Waals surface area contributed by atoms with Gasteiger partial charge in [-0.15, -0.1) is 0 Å². The lowest BCUT2D eigenvalue weighted by molar-refractivity contribution is 0.358. The third-order valence-electron chi connectivity index (χ3n) is 4.35. The highest BCUT2D eigenvalue weighted by Crippen LogP contribution is 2.40. The molecule has 0 unspecified atom stereocenters. The highest BCUT2D eigenvalue weighted by atomic mass is 79.9. The molecule has 110 valence electrons. The van der Waals surface area contributed by atoms with Gasteiger partial charge in [-0.05, 0) is 49.2 Å². The highest BCUT2D eigenvalue weighted by molar-refractivity contribution is 9.10. The second kappa shape index (κ2) is 6.16. The topological polar surface area (TPSA) is 34.1 Å². The molecular formula is C17H19BrN2O. The average molecular weight is 347 g/mol. The van der Waals surface area contributed by atoms with Crippen molar-refractivity contribution in [3.05, 3.63) is 58.2 Å². The molecule has 4 heteroatoms. The van der Waals surface area contributed by atoms with Crippen LogP contribution in [-0.2, 0) is 5.41 Å². The Bertz CT molecular complexity index is 589. The zero-order valence-electron chi connectivity index (χ0n) is 12.1. The minimum Gasteiger partial charge on any atom is -0.481 e. The molecule has 0 radical (unpaired) electrons. The maximum Gasteiger partial charge on any atom is 0.212 e. The van der Waals surface area contributed by atoms with Gasteiger partial charge >= 0.3 is 0 Å².